The molecule has 0 spiro atoms. The van der Waals surface area contributed by atoms with Crippen molar-refractivity contribution in [1.82, 2.24) is 4.98 Å². The van der Waals surface area contributed by atoms with Crippen LogP contribution in [0.25, 0.3) is 11.1 Å². The number of carbonyl (C=O) groups is 2. The number of ether oxygens (including phenoxy) is 2. The Bertz CT molecular complexity index is 643. The highest BCUT2D eigenvalue weighted by atomic mass is 16.5. The molecule has 0 unspecified atom stereocenters. The molecule has 0 aliphatic carbocycles. The van der Waals surface area contributed by atoms with E-state index in [4.69, 9.17) is 9.15 Å². The van der Waals surface area contributed by atoms with Crippen LogP contribution >= 0.6 is 0 Å². The summed E-state index contributed by atoms with van der Waals surface area (Å²) in [4.78, 5) is 26.7. The van der Waals surface area contributed by atoms with Crippen LogP contribution < -0.4 is 4.74 Å². The molecule has 0 atom stereocenters. The third-order valence-corrected chi connectivity index (χ3v) is 2.55. The first-order valence-electron chi connectivity index (χ1n) is 4.87. The number of fused-ring (bicyclic) bond motifs is 3. The number of nitrogens with zero attached hydrogens (tertiary/aromatic N) is 1. The number of Topliss-reactive ketones (excluding diaryl/α,β-unsaturated/α-hetero) is 1. The van der Waals surface area contributed by atoms with Crippen LogP contribution in [0.2, 0.25) is 0 Å². The highest BCUT2D eigenvalue weighted by Gasteiger charge is 2.26. The van der Waals surface area contributed by atoms with Gasteiger partial charge in [-0.1, -0.05) is 0 Å². The molecule has 0 saturated heterocycles. The second-order valence-electron chi connectivity index (χ2n) is 3.53. The monoisotopic (exact) mass is 233 g/mol. The average molecular weight is 233 g/mol. The van der Waals surface area contributed by atoms with Gasteiger partial charge in [0.1, 0.15) is 5.75 Å². The van der Waals surface area contributed by atoms with Crippen LogP contribution in [0.1, 0.15) is 20.9 Å². The third-order valence-electron chi connectivity index (χ3n) is 2.55. The maximum Gasteiger partial charge on any atom is 0.374 e. The summed E-state index contributed by atoms with van der Waals surface area (Å²) in [5, 5.41) is 0.508. The van der Waals surface area contributed by atoms with Crippen LogP contribution in [-0.4, -0.2) is 30.5 Å². The standard InChI is InChI=1S/C11H7NO5/c1-15-11(14)8-2-5-9-6(7(13)4-16-9)3-12-10(5)17-8/h2-3H,4H2,1H3. The van der Waals surface area contributed by atoms with Crippen molar-refractivity contribution >= 4 is 22.9 Å². The zero-order valence-corrected chi connectivity index (χ0v) is 8.85. The maximum atomic E-state index is 11.4. The number of methoxy groups -OCH3 is 1. The summed E-state index contributed by atoms with van der Waals surface area (Å²) in [6, 6.07) is 1.46. The van der Waals surface area contributed by atoms with Gasteiger partial charge >= 0.3 is 5.97 Å². The van der Waals surface area contributed by atoms with Gasteiger partial charge in [-0.2, -0.15) is 0 Å². The highest BCUT2D eigenvalue weighted by Crippen LogP contribution is 2.34. The molecule has 0 aromatic carbocycles. The number of carbonyl (C=O) groups excluding carboxylic acids is 2. The van der Waals surface area contributed by atoms with E-state index in [0.29, 0.717) is 16.7 Å². The molecular weight excluding hydrogens is 226 g/mol. The van der Waals surface area contributed by atoms with Gasteiger partial charge < -0.3 is 13.9 Å². The van der Waals surface area contributed by atoms with Crippen LogP contribution in [0.5, 0.6) is 5.75 Å². The lowest BCUT2D eigenvalue weighted by atomic mass is 10.2. The van der Waals surface area contributed by atoms with Crippen molar-refractivity contribution in [3.05, 3.63) is 23.6 Å². The van der Waals surface area contributed by atoms with Crippen molar-refractivity contribution in [3.63, 3.8) is 0 Å². The molecule has 6 nitrogen and oxygen atoms in total. The molecule has 0 saturated carbocycles. The van der Waals surface area contributed by atoms with Gasteiger partial charge in [0.25, 0.3) is 0 Å². The summed E-state index contributed by atoms with van der Waals surface area (Å²) < 4.78 is 15.0. The van der Waals surface area contributed by atoms with Crippen molar-refractivity contribution in [1.29, 1.82) is 0 Å². The Balaban J connectivity index is 2.24. The van der Waals surface area contributed by atoms with Gasteiger partial charge in [0.2, 0.25) is 17.3 Å². The third kappa shape index (κ3) is 1.30. The smallest absolute Gasteiger partial charge is 0.374 e. The van der Waals surface area contributed by atoms with Crippen LogP contribution in [0.4, 0.5) is 0 Å². The van der Waals surface area contributed by atoms with Crippen molar-refractivity contribution in [2.45, 2.75) is 0 Å². The SMILES string of the molecule is COC(=O)c1cc2c3c(cnc2o1)C(=O)CO3. The minimum Gasteiger partial charge on any atom is -0.484 e. The lowest BCUT2D eigenvalue weighted by Gasteiger charge is -1.95. The van der Waals surface area contributed by atoms with Crippen molar-refractivity contribution < 1.29 is 23.5 Å². The number of hydrogen-bond donors (Lipinski definition) is 0. The molecule has 17 heavy (non-hydrogen) atoms. The van der Waals surface area contributed by atoms with Gasteiger partial charge in [0, 0.05) is 12.3 Å². The molecule has 0 fully saturated rings. The molecule has 1 aliphatic heterocycles. The van der Waals surface area contributed by atoms with Gasteiger partial charge in [-0.05, 0) is 0 Å². The van der Waals surface area contributed by atoms with Crippen LogP contribution in [-0.2, 0) is 4.74 Å². The number of ketones is 1. The van der Waals surface area contributed by atoms with Crippen molar-refractivity contribution in [2.24, 2.45) is 0 Å². The van der Waals surface area contributed by atoms with E-state index >= 15 is 0 Å². The van der Waals surface area contributed by atoms with Crippen molar-refractivity contribution in [2.75, 3.05) is 13.7 Å². The first-order valence-corrected chi connectivity index (χ1v) is 4.87. The summed E-state index contributed by atoms with van der Waals surface area (Å²) in [7, 11) is 1.26. The lowest BCUT2D eigenvalue weighted by molar-refractivity contribution is 0.0567. The molecule has 2 aromatic rings. The molecular formula is C11H7NO5. The Kier molecular flexibility index (Phi) is 1.91. The van der Waals surface area contributed by atoms with Gasteiger partial charge in [0.05, 0.1) is 18.1 Å². The van der Waals surface area contributed by atoms with Crippen LogP contribution in [0, 0.1) is 0 Å². The minimum atomic E-state index is -0.596. The number of furan rings is 1. The molecule has 0 bridgehead atoms. The topological polar surface area (TPSA) is 78.6 Å². The average Bonchev–Trinajstić information content (AvgIpc) is 2.91. The molecule has 1 aliphatic rings. The number of pyridine rings is 1. The summed E-state index contributed by atoms with van der Waals surface area (Å²) in [6.45, 7) is -0.00510. The van der Waals surface area contributed by atoms with Gasteiger partial charge in [0.15, 0.2) is 6.61 Å². The zero-order valence-electron chi connectivity index (χ0n) is 8.85. The summed E-state index contributed by atoms with van der Waals surface area (Å²) in [5.74, 6) is -0.276. The summed E-state index contributed by atoms with van der Waals surface area (Å²) in [6.07, 6.45) is 1.39. The molecule has 86 valence electrons. The van der Waals surface area contributed by atoms with E-state index in [9.17, 15) is 9.59 Å². The highest BCUT2D eigenvalue weighted by molar-refractivity contribution is 6.07. The van der Waals surface area contributed by atoms with Crippen molar-refractivity contribution in [3.8, 4) is 5.75 Å². The Morgan fingerprint density at radius 1 is 1.53 bits per heavy atom. The molecule has 6 heteroatoms. The first kappa shape index (κ1) is 9.83. The quantitative estimate of drug-likeness (QED) is 0.688. The first-order chi connectivity index (χ1) is 8.20. The molecule has 0 N–H and O–H groups in total. The van der Waals surface area contributed by atoms with Gasteiger partial charge in [-0.25, -0.2) is 9.78 Å². The normalized spacial score (nSPS) is 13.6. The maximum absolute atomic E-state index is 11.4. The molecule has 0 amide bonds. The number of hydrogen-bond acceptors (Lipinski definition) is 6. The van der Waals surface area contributed by atoms with E-state index in [-0.39, 0.29) is 23.9 Å². The fourth-order valence-corrected chi connectivity index (χ4v) is 1.74. The summed E-state index contributed by atoms with van der Waals surface area (Å²) in [5.41, 5.74) is 0.661. The molecule has 3 rings (SSSR count). The predicted molar refractivity (Wildman–Crippen MR) is 55.2 cm³/mol. The van der Waals surface area contributed by atoms with E-state index in [1.165, 1.54) is 19.4 Å². The van der Waals surface area contributed by atoms with Gasteiger partial charge in [-0.3, -0.25) is 4.79 Å². The van der Waals surface area contributed by atoms with E-state index in [0.717, 1.165) is 0 Å². The van der Waals surface area contributed by atoms with E-state index < -0.39 is 5.97 Å². The minimum absolute atomic E-state index is 0.00510. The zero-order chi connectivity index (χ0) is 12.0. The van der Waals surface area contributed by atoms with Crippen LogP contribution in [0.15, 0.2) is 16.7 Å². The van der Waals surface area contributed by atoms with E-state index in [2.05, 4.69) is 9.72 Å². The second-order valence-corrected chi connectivity index (χ2v) is 3.53. The number of esters is 1. The molecule has 3 heterocycles. The Hall–Kier alpha value is -2.37. The predicted octanol–water partition coefficient (Wildman–Crippen LogP) is 1.19. The van der Waals surface area contributed by atoms with Crippen LogP contribution in [0.3, 0.4) is 0 Å². The number of aromatic nitrogens is 1. The largest absolute Gasteiger partial charge is 0.484 e. The molecule has 2 aromatic heterocycles. The van der Waals surface area contributed by atoms with E-state index in [1.807, 2.05) is 0 Å². The lowest BCUT2D eigenvalue weighted by Crippen LogP contribution is -1.99. The second kappa shape index (κ2) is 3.31. The molecule has 0 radical (unpaired) electrons. The number of rotatable bonds is 1. The van der Waals surface area contributed by atoms with Gasteiger partial charge in [-0.15, -0.1) is 0 Å². The van der Waals surface area contributed by atoms with E-state index in [1.54, 1.807) is 0 Å². The fraction of sp³-hybridized carbons (Fsp3) is 0.182. The summed E-state index contributed by atoms with van der Waals surface area (Å²) >= 11 is 0. The Labute approximate surface area is 95.1 Å². The Morgan fingerprint density at radius 2 is 2.35 bits per heavy atom. The fourth-order valence-electron chi connectivity index (χ4n) is 1.74. The Morgan fingerprint density at radius 3 is 3.12 bits per heavy atom.